The van der Waals surface area contributed by atoms with E-state index in [2.05, 4.69) is 29.0 Å². The highest BCUT2D eigenvalue weighted by Gasteiger charge is 2.45. The van der Waals surface area contributed by atoms with E-state index in [0.29, 0.717) is 29.5 Å². The molecule has 0 saturated heterocycles. The number of fused-ring (bicyclic) bond motifs is 1. The van der Waals surface area contributed by atoms with Crippen molar-refractivity contribution in [3.63, 3.8) is 0 Å². The fraction of sp³-hybridized carbons (Fsp3) is 0.517. The number of Topliss-reactive ketones (excluding diaryl/α,β-unsaturated/α-hetero) is 1. The van der Waals surface area contributed by atoms with Crippen molar-refractivity contribution in [3.8, 4) is 0 Å². The van der Waals surface area contributed by atoms with Crippen LogP contribution in [0.5, 0.6) is 0 Å². The van der Waals surface area contributed by atoms with Gasteiger partial charge in [0.2, 0.25) is 10.0 Å². The van der Waals surface area contributed by atoms with Crippen LogP contribution in [0.3, 0.4) is 0 Å². The van der Waals surface area contributed by atoms with Gasteiger partial charge in [-0.3, -0.25) is 19.3 Å². The van der Waals surface area contributed by atoms with Crippen LogP contribution in [0.4, 0.5) is 0 Å². The third-order valence-corrected chi connectivity index (χ3v) is 8.21. The standard InChI is InChI=1S/C29H38N3O5S/c1-8-37-28(34)29(15-11-13-21-12-9-10-14-23(21)27(29)33)30-31-32-38(35,36)26-24(19(4)5)16-22(18(2)3)17-25(26)20(6)7/h9-10,12,14,16-20H,8,11,13,15H2,1-7H3/q-1. The minimum absolute atomic E-state index is 0.0377. The molecule has 0 N–H and O–H groups in total. The van der Waals surface area contributed by atoms with Crippen LogP contribution in [0.1, 0.15) is 112 Å². The molecular formula is C29H38N3O5S-. The number of carbonyl (C=O) groups is 2. The van der Waals surface area contributed by atoms with Crippen molar-refractivity contribution in [2.45, 2.75) is 95.9 Å². The third-order valence-electron chi connectivity index (χ3n) is 6.93. The minimum Gasteiger partial charge on any atom is -0.465 e. The topological polar surface area (TPSA) is 116 Å². The number of aryl methyl sites for hydroxylation is 1. The number of esters is 1. The molecule has 38 heavy (non-hydrogen) atoms. The second kappa shape index (κ2) is 11.8. The molecule has 0 amide bonds. The normalized spacial score (nSPS) is 18.2. The molecular weight excluding hydrogens is 502 g/mol. The molecule has 0 aliphatic heterocycles. The lowest BCUT2D eigenvalue weighted by molar-refractivity contribution is -0.146. The molecule has 3 rings (SSSR count). The van der Waals surface area contributed by atoms with E-state index in [-0.39, 0.29) is 35.7 Å². The van der Waals surface area contributed by atoms with Gasteiger partial charge in [-0.1, -0.05) is 77.9 Å². The number of ether oxygens (including phenoxy) is 1. The summed E-state index contributed by atoms with van der Waals surface area (Å²) in [6, 6.07) is 10.8. The van der Waals surface area contributed by atoms with Crippen LogP contribution in [-0.4, -0.2) is 32.3 Å². The summed E-state index contributed by atoms with van der Waals surface area (Å²) in [6.07, 6.45) is 1.08. The van der Waals surface area contributed by atoms with Crippen molar-refractivity contribution in [1.29, 1.82) is 0 Å². The summed E-state index contributed by atoms with van der Waals surface area (Å²) in [4.78, 5) is 26.9. The van der Waals surface area contributed by atoms with E-state index < -0.39 is 27.3 Å². The van der Waals surface area contributed by atoms with Gasteiger partial charge in [0.25, 0.3) is 0 Å². The monoisotopic (exact) mass is 540 g/mol. The van der Waals surface area contributed by atoms with E-state index in [9.17, 15) is 18.0 Å². The summed E-state index contributed by atoms with van der Waals surface area (Å²) in [5.41, 5.74) is 5.54. The number of nitrogens with zero attached hydrogens (tertiary/aromatic N) is 3. The first kappa shape index (κ1) is 29.5. The fourth-order valence-corrected chi connectivity index (χ4v) is 6.18. The van der Waals surface area contributed by atoms with E-state index in [1.165, 1.54) is 0 Å². The molecule has 1 unspecified atom stereocenters. The molecule has 0 spiro atoms. The molecule has 0 bridgehead atoms. The molecule has 1 atom stereocenters. The maximum absolute atomic E-state index is 13.6. The summed E-state index contributed by atoms with van der Waals surface area (Å²) in [7, 11) is -4.31. The van der Waals surface area contributed by atoms with Gasteiger partial charge in [-0.2, -0.15) is 0 Å². The molecule has 206 valence electrons. The van der Waals surface area contributed by atoms with E-state index in [4.69, 9.17) is 4.74 Å². The van der Waals surface area contributed by atoms with Gasteiger partial charge in [0.05, 0.1) is 11.5 Å². The first-order chi connectivity index (χ1) is 17.9. The average molecular weight is 541 g/mol. The highest BCUT2D eigenvalue weighted by atomic mass is 32.2. The first-order valence-corrected chi connectivity index (χ1v) is 14.7. The van der Waals surface area contributed by atoms with Gasteiger partial charge in [0.1, 0.15) is 0 Å². The fourth-order valence-electron chi connectivity index (χ4n) is 4.78. The van der Waals surface area contributed by atoms with Crippen LogP contribution in [0.15, 0.2) is 51.0 Å². The lowest BCUT2D eigenvalue weighted by atomic mass is 9.87. The highest BCUT2D eigenvalue weighted by molar-refractivity contribution is 7.90. The Morgan fingerprint density at radius 2 is 1.63 bits per heavy atom. The molecule has 2 aromatic rings. The number of ketones is 1. The lowest BCUT2D eigenvalue weighted by Gasteiger charge is -2.32. The zero-order valence-corrected chi connectivity index (χ0v) is 24.1. The van der Waals surface area contributed by atoms with Crippen molar-refractivity contribution >= 4 is 21.8 Å². The molecule has 0 radical (unpaired) electrons. The van der Waals surface area contributed by atoms with Crippen molar-refractivity contribution in [2.24, 2.45) is 9.74 Å². The highest BCUT2D eigenvalue weighted by Crippen LogP contribution is 2.38. The summed E-state index contributed by atoms with van der Waals surface area (Å²) in [5, 5.41) is 3.68. The average Bonchev–Trinajstić information content (AvgIpc) is 3.00. The van der Waals surface area contributed by atoms with Crippen molar-refractivity contribution < 1.29 is 22.7 Å². The molecule has 1 aliphatic carbocycles. The third kappa shape index (κ3) is 5.82. The second-order valence-corrected chi connectivity index (χ2v) is 12.2. The second-order valence-electron chi connectivity index (χ2n) is 10.7. The maximum atomic E-state index is 13.6. The van der Waals surface area contributed by atoms with Crippen molar-refractivity contribution in [3.05, 3.63) is 69.6 Å². The van der Waals surface area contributed by atoms with E-state index in [1.807, 2.05) is 52.0 Å². The first-order valence-electron chi connectivity index (χ1n) is 13.2. The van der Waals surface area contributed by atoms with Crippen LogP contribution in [0.25, 0.3) is 5.43 Å². The molecule has 0 fully saturated rings. The Labute approximate surface area is 226 Å². The van der Waals surface area contributed by atoms with Crippen molar-refractivity contribution in [1.82, 2.24) is 0 Å². The van der Waals surface area contributed by atoms with Gasteiger partial charge < -0.3 is 10.2 Å². The van der Waals surface area contributed by atoms with Crippen LogP contribution in [-0.2, 0) is 26.0 Å². The largest absolute Gasteiger partial charge is 0.465 e. The van der Waals surface area contributed by atoms with Crippen molar-refractivity contribution in [2.75, 3.05) is 6.61 Å². The summed E-state index contributed by atoms with van der Waals surface area (Å²) >= 11 is 0. The van der Waals surface area contributed by atoms with E-state index in [1.54, 1.807) is 19.1 Å². The summed E-state index contributed by atoms with van der Waals surface area (Å²) in [5.74, 6) is -1.38. The van der Waals surface area contributed by atoms with Gasteiger partial charge in [-0.15, -0.1) is 0 Å². The lowest BCUT2D eigenvalue weighted by Crippen LogP contribution is -2.46. The Hall–Kier alpha value is -3.07. The molecule has 8 nitrogen and oxygen atoms in total. The summed E-state index contributed by atoms with van der Waals surface area (Å²) in [6.45, 7) is 13.5. The Morgan fingerprint density at radius 1 is 1.03 bits per heavy atom. The number of hydrogen-bond acceptors (Lipinski definition) is 6. The van der Waals surface area contributed by atoms with Crippen LogP contribution in [0.2, 0.25) is 0 Å². The molecule has 0 saturated carbocycles. The van der Waals surface area contributed by atoms with Crippen LogP contribution < -0.4 is 0 Å². The Kier molecular flexibility index (Phi) is 9.13. The number of benzene rings is 2. The Bertz CT molecular complexity index is 1300. The minimum atomic E-state index is -4.31. The van der Waals surface area contributed by atoms with Gasteiger partial charge in [-0.05, 0) is 66.2 Å². The van der Waals surface area contributed by atoms with Crippen LogP contribution in [0, 0.1) is 0 Å². The predicted octanol–water partition coefficient (Wildman–Crippen LogP) is 7.01. The van der Waals surface area contributed by atoms with Gasteiger partial charge in [0, 0.05) is 5.56 Å². The number of rotatable bonds is 9. The SMILES string of the molecule is CCOC(=O)C1([N-]/N=N/S(=O)(=O)c2c(C(C)C)cc(C(C)C)cc2C(C)C)CCCc2ccccc2C1=O. The number of carbonyl (C=O) groups excluding carboxylic acids is 2. The van der Waals surface area contributed by atoms with Crippen LogP contribution >= 0.6 is 0 Å². The Morgan fingerprint density at radius 3 is 2.18 bits per heavy atom. The van der Waals surface area contributed by atoms with Gasteiger partial charge in [0.15, 0.2) is 11.3 Å². The molecule has 9 heteroatoms. The molecule has 0 aromatic heterocycles. The smallest absolute Gasteiger partial charge is 0.320 e. The van der Waals surface area contributed by atoms with E-state index >= 15 is 0 Å². The van der Waals surface area contributed by atoms with Gasteiger partial charge in [-0.25, -0.2) is 8.42 Å². The molecule has 1 aliphatic rings. The molecule has 0 heterocycles. The summed E-state index contributed by atoms with van der Waals surface area (Å²) < 4.78 is 36.1. The quantitative estimate of drug-likeness (QED) is 0.111. The zero-order valence-electron chi connectivity index (χ0n) is 23.3. The molecule has 2 aromatic carbocycles. The van der Waals surface area contributed by atoms with E-state index in [0.717, 1.165) is 11.1 Å². The van der Waals surface area contributed by atoms with Gasteiger partial charge >= 0.3 is 5.97 Å². The number of hydrogen-bond donors (Lipinski definition) is 0. The zero-order chi connectivity index (χ0) is 28.3. The predicted molar refractivity (Wildman–Crippen MR) is 147 cm³/mol. The maximum Gasteiger partial charge on any atom is 0.320 e. The number of sulfonamides is 1. The Balaban J connectivity index is 2.09.